The predicted molar refractivity (Wildman–Crippen MR) is 63.9 cm³/mol. The van der Waals surface area contributed by atoms with Crippen molar-refractivity contribution in [2.24, 2.45) is 0 Å². The highest BCUT2D eigenvalue weighted by Gasteiger charge is 1.74. The summed E-state index contributed by atoms with van der Waals surface area (Å²) in [6.45, 7) is 7.44. The minimum atomic E-state index is 0.861. The second-order valence-corrected chi connectivity index (χ2v) is 2.79. The summed E-state index contributed by atoms with van der Waals surface area (Å²) < 4.78 is 0. The smallest absolute Gasteiger partial charge is 0.0246 e. The number of benzene rings is 1. The van der Waals surface area contributed by atoms with Crippen molar-refractivity contribution in [3.63, 3.8) is 0 Å². The highest BCUT2D eigenvalue weighted by atomic mass is 14.3. The van der Waals surface area contributed by atoms with E-state index in [1.807, 2.05) is 31.2 Å². The average Bonchev–Trinajstić information content (AvgIpc) is 2.22. The van der Waals surface area contributed by atoms with Gasteiger partial charge in [0.25, 0.3) is 0 Å². The summed E-state index contributed by atoms with van der Waals surface area (Å²) in [4.78, 5) is 0. The van der Waals surface area contributed by atoms with Crippen LogP contribution in [0.1, 0.15) is 12.5 Å². The highest BCUT2D eigenvalue weighted by molar-refractivity contribution is 5.79. The molecular formula is C13H17N. The fraction of sp³-hybridized carbons (Fsp3) is 0.154. The van der Waals surface area contributed by atoms with Gasteiger partial charge in [-0.3, -0.25) is 0 Å². The van der Waals surface area contributed by atoms with Gasteiger partial charge in [0.05, 0.1) is 0 Å². The monoisotopic (exact) mass is 187 g/mol. The zero-order valence-corrected chi connectivity index (χ0v) is 8.83. The van der Waals surface area contributed by atoms with E-state index in [-0.39, 0.29) is 0 Å². The standard InChI is InChI=1S/C7H8.C6H9N/c1-7-5-3-2-4-6-7;1-3-6(4-2)5-7/h2-6H,1H3;3-5,7H,1H2,2H3/b;6-4+,7-5?. The average molecular weight is 187 g/mol. The molecule has 1 N–H and O–H groups in total. The molecule has 0 radical (unpaired) electrons. The van der Waals surface area contributed by atoms with Crippen LogP contribution in [0.4, 0.5) is 0 Å². The second-order valence-electron chi connectivity index (χ2n) is 2.79. The Morgan fingerprint density at radius 3 is 2.00 bits per heavy atom. The van der Waals surface area contributed by atoms with Gasteiger partial charge in [0, 0.05) is 6.21 Å². The van der Waals surface area contributed by atoms with Gasteiger partial charge < -0.3 is 5.41 Å². The lowest BCUT2D eigenvalue weighted by Crippen LogP contribution is -1.71. The fourth-order valence-electron chi connectivity index (χ4n) is 0.794. The Balaban J connectivity index is 0.000000241. The minimum Gasteiger partial charge on any atom is -0.308 e. The van der Waals surface area contributed by atoms with Crippen LogP contribution in [-0.4, -0.2) is 6.21 Å². The summed E-state index contributed by atoms with van der Waals surface area (Å²) in [6, 6.07) is 10.3. The zero-order chi connectivity index (χ0) is 10.8. The second kappa shape index (κ2) is 7.99. The van der Waals surface area contributed by atoms with E-state index in [1.54, 1.807) is 6.08 Å². The molecule has 14 heavy (non-hydrogen) atoms. The van der Waals surface area contributed by atoms with Crippen molar-refractivity contribution in [3.8, 4) is 0 Å². The molecule has 0 aromatic heterocycles. The van der Waals surface area contributed by atoms with Crippen LogP contribution in [0.2, 0.25) is 0 Å². The molecule has 0 saturated heterocycles. The van der Waals surface area contributed by atoms with Crippen LogP contribution in [0, 0.1) is 12.3 Å². The molecule has 1 aromatic carbocycles. The Bertz CT molecular complexity index is 286. The molecule has 0 atom stereocenters. The van der Waals surface area contributed by atoms with Gasteiger partial charge in [0.15, 0.2) is 0 Å². The first-order chi connectivity index (χ1) is 6.74. The summed E-state index contributed by atoms with van der Waals surface area (Å²) in [7, 11) is 0. The van der Waals surface area contributed by atoms with Crippen molar-refractivity contribution in [2.75, 3.05) is 0 Å². The Kier molecular flexibility index (Phi) is 7.06. The third kappa shape index (κ3) is 5.95. The molecule has 0 spiro atoms. The van der Waals surface area contributed by atoms with Gasteiger partial charge in [0.2, 0.25) is 0 Å². The van der Waals surface area contributed by atoms with Gasteiger partial charge in [-0.2, -0.15) is 0 Å². The number of nitrogens with one attached hydrogen (secondary N) is 1. The minimum absolute atomic E-state index is 0.861. The maximum absolute atomic E-state index is 6.70. The maximum atomic E-state index is 6.70. The third-order valence-electron chi connectivity index (χ3n) is 1.68. The van der Waals surface area contributed by atoms with Crippen LogP contribution in [0.25, 0.3) is 0 Å². The van der Waals surface area contributed by atoms with Gasteiger partial charge in [0.1, 0.15) is 0 Å². The van der Waals surface area contributed by atoms with Crippen molar-refractivity contribution in [1.29, 1.82) is 5.41 Å². The molecular weight excluding hydrogens is 170 g/mol. The summed E-state index contributed by atoms with van der Waals surface area (Å²) >= 11 is 0. The van der Waals surface area contributed by atoms with Crippen molar-refractivity contribution in [1.82, 2.24) is 0 Å². The molecule has 74 valence electrons. The van der Waals surface area contributed by atoms with Crippen LogP contribution in [0.5, 0.6) is 0 Å². The molecule has 0 aliphatic heterocycles. The normalized spacial score (nSPS) is 9.71. The number of hydrogen-bond acceptors (Lipinski definition) is 1. The first-order valence-electron chi connectivity index (χ1n) is 4.55. The van der Waals surface area contributed by atoms with E-state index in [1.165, 1.54) is 11.8 Å². The first-order valence-corrected chi connectivity index (χ1v) is 4.55. The molecule has 0 fully saturated rings. The quantitative estimate of drug-likeness (QED) is 0.538. The van der Waals surface area contributed by atoms with E-state index in [4.69, 9.17) is 5.41 Å². The van der Waals surface area contributed by atoms with E-state index in [0.717, 1.165) is 5.57 Å². The Labute approximate surface area is 86.3 Å². The lowest BCUT2D eigenvalue weighted by atomic mass is 10.2. The predicted octanol–water partition coefficient (Wildman–Crippen LogP) is 3.76. The van der Waals surface area contributed by atoms with Crippen LogP contribution in [0.15, 0.2) is 54.6 Å². The molecule has 1 heteroatoms. The number of hydrogen-bond donors (Lipinski definition) is 1. The van der Waals surface area contributed by atoms with Crippen molar-refractivity contribution >= 4 is 6.21 Å². The van der Waals surface area contributed by atoms with Crippen molar-refractivity contribution in [3.05, 3.63) is 60.2 Å². The molecule has 1 rings (SSSR count). The first kappa shape index (κ1) is 12.4. The lowest BCUT2D eigenvalue weighted by Gasteiger charge is -1.82. The topological polar surface area (TPSA) is 23.9 Å². The summed E-state index contributed by atoms with van der Waals surface area (Å²) in [5.41, 5.74) is 2.18. The van der Waals surface area contributed by atoms with Crippen molar-refractivity contribution in [2.45, 2.75) is 13.8 Å². The molecule has 0 bridgehead atoms. The van der Waals surface area contributed by atoms with Gasteiger partial charge in [-0.1, -0.05) is 54.6 Å². The SMILES string of the molecule is C=C/C(C=N)=C\C.Cc1ccccc1. The Morgan fingerprint density at radius 1 is 1.29 bits per heavy atom. The maximum Gasteiger partial charge on any atom is 0.0246 e. The van der Waals surface area contributed by atoms with Crippen LogP contribution < -0.4 is 0 Å². The molecule has 0 amide bonds. The summed E-state index contributed by atoms with van der Waals surface area (Å²) in [5.74, 6) is 0. The molecule has 0 aliphatic carbocycles. The lowest BCUT2D eigenvalue weighted by molar-refractivity contribution is 1.48. The van der Waals surface area contributed by atoms with Crippen LogP contribution >= 0.6 is 0 Å². The summed E-state index contributed by atoms with van der Waals surface area (Å²) in [5, 5.41) is 6.70. The summed E-state index contributed by atoms with van der Waals surface area (Å²) in [6.07, 6.45) is 4.75. The van der Waals surface area contributed by atoms with Gasteiger partial charge in [-0.25, -0.2) is 0 Å². The van der Waals surface area contributed by atoms with Crippen LogP contribution in [-0.2, 0) is 0 Å². The van der Waals surface area contributed by atoms with E-state index < -0.39 is 0 Å². The number of allylic oxidation sites excluding steroid dienone is 3. The highest BCUT2D eigenvalue weighted by Crippen LogP contribution is 1.92. The van der Waals surface area contributed by atoms with Crippen LogP contribution in [0.3, 0.4) is 0 Å². The zero-order valence-electron chi connectivity index (χ0n) is 8.83. The van der Waals surface area contributed by atoms with E-state index in [2.05, 4.69) is 25.6 Å². The number of rotatable bonds is 2. The Morgan fingerprint density at radius 2 is 1.86 bits per heavy atom. The number of aryl methyl sites for hydroxylation is 1. The van der Waals surface area contributed by atoms with E-state index in [0.29, 0.717) is 0 Å². The Hall–Kier alpha value is -1.63. The van der Waals surface area contributed by atoms with Gasteiger partial charge in [-0.05, 0) is 19.4 Å². The molecule has 0 heterocycles. The molecule has 0 unspecified atom stereocenters. The van der Waals surface area contributed by atoms with E-state index >= 15 is 0 Å². The molecule has 1 aromatic rings. The molecule has 1 nitrogen and oxygen atoms in total. The van der Waals surface area contributed by atoms with Gasteiger partial charge >= 0.3 is 0 Å². The van der Waals surface area contributed by atoms with Gasteiger partial charge in [-0.15, -0.1) is 0 Å². The fourth-order valence-corrected chi connectivity index (χ4v) is 0.794. The third-order valence-corrected chi connectivity index (χ3v) is 1.68. The molecule has 0 aliphatic rings. The molecule has 0 saturated carbocycles. The van der Waals surface area contributed by atoms with E-state index in [9.17, 15) is 0 Å². The largest absolute Gasteiger partial charge is 0.308 e. The van der Waals surface area contributed by atoms with Crippen molar-refractivity contribution < 1.29 is 0 Å².